The van der Waals surface area contributed by atoms with Crippen molar-refractivity contribution in [3.63, 3.8) is 0 Å². The second kappa shape index (κ2) is 7.45. The Kier molecular flexibility index (Phi) is 6.24. The highest BCUT2D eigenvalue weighted by molar-refractivity contribution is 7.89. The van der Waals surface area contributed by atoms with E-state index in [0.717, 1.165) is 25.3 Å². The standard InChI is InChI=1S/C12H18FNO3S/c13-11-6-5-7-12(10-11)18(16,17)14-8-3-1-2-4-9-15/h5-7,10,14-15H,1-4,8-9H2. The fourth-order valence-electron chi connectivity index (χ4n) is 1.51. The molecule has 1 aromatic rings. The lowest BCUT2D eigenvalue weighted by molar-refractivity contribution is 0.282. The van der Waals surface area contributed by atoms with Crippen molar-refractivity contribution in [1.82, 2.24) is 4.72 Å². The molecule has 0 heterocycles. The summed E-state index contributed by atoms with van der Waals surface area (Å²) in [5, 5.41) is 8.58. The van der Waals surface area contributed by atoms with Gasteiger partial charge in [-0.3, -0.25) is 0 Å². The molecule has 1 aromatic carbocycles. The maximum Gasteiger partial charge on any atom is 0.240 e. The molecule has 0 unspecified atom stereocenters. The molecule has 0 fully saturated rings. The number of nitrogens with one attached hydrogen (secondary N) is 1. The van der Waals surface area contributed by atoms with Crippen molar-refractivity contribution in [2.45, 2.75) is 30.6 Å². The van der Waals surface area contributed by atoms with Crippen LogP contribution in [-0.4, -0.2) is 26.7 Å². The number of benzene rings is 1. The molecule has 0 aliphatic rings. The highest BCUT2D eigenvalue weighted by Gasteiger charge is 2.13. The van der Waals surface area contributed by atoms with Gasteiger partial charge in [-0.2, -0.15) is 0 Å². The van der Waals surface area contributed by atoms with Gasteiger partial charge >= 0.3 is 0 Å². The zero-order valence-electron chi connectivity index (χ0n) is 10.1. The number of aliphatic hydroxyl groups is 1. The molecule has 0 atom stereocenters. The van der Waals surface area contributed by atoms with Crippen LogP contribution in [0.2, 0.25) is 0 Å². The van der Waals surface area contributed by atoms with Gasteiger partial charge in [-0.15, -0.1) is 0 Å². The first-order valence-electron chi connectivity index (χ1n) is 5.92. The third-order valence-electron chi connectivity index (χ3n) is 2.48. The minimum atomic E-state index is -3.61. The van der Waals surface area contributed by atoms with E-state index in [1.807, 2.05) is 0 Å². The smallest absolute Gasteiger partial charge is 0.240 e. The molecule has 0 radical (unpaired) electrons. The van der Waals surface area contributed by atoms with Gasteiger partial charge in [0.15, 0.2) is 0 Å². The molecule has 18 heavy (non-hydrogen) atoms. The predicted octanol–water partition coefficient (Wildman–Crippen LogP) is 1.66. The molecule has 102 valence electrons. The fraction of sp³-hybridized carbons (Fsp3) is 0.500. The van der Waals surface area contributed by atoms with Crippen LogP contribution >= 0.6 is 0 Å². The Hall–Kier alpha value is -0.980. The number of halogens is 1. The molecule has 0 aliphatic heterocycles. The topological polar surface area (TPSA) is 66.4 Å². The maximum atomic E-state index is 12.9. The van der Waals surface area contributed by atoms with E-state index in [2.05, 4.69) is 4.72 Å². The van der Waals surface area contributed by atoms with E-state index < -0.39 is 15.8 Å². The molecule has 0 bridgehead atoms. The van der Waals surface area contributed by atoms with E-state index in [1.54, 1.807) is 0 Å². The minimum Gasteiger partial charge on any atom is -0.396 e. The summed E-state index contributed by atoms with van der Waals surface area (Å²) < 4.78 is 38.8. The van der Waals surface area contributed by atoms with Crippen LogP contribution in [0.25, 0.3) is 0 Å². The number of aliphatic hydroxyl groups excluding tert-OH is 1. The summed E-state index contributed by atoms with van der Waals surface area (Å²) in [4.78, 5) is -0.0575. The molecule has 0 aliphatic carbocycles. The number of hydrogen-bond donors (Lipinski definition) is 2. The van der Waals surface area contributed by atoms with E-state index in [4.69, 9.17) is 5.11 Å². The van der Waals surface area contributed by atoms with Crippen LogP contribution in [-0.2, 0) is 10.0 Å². The third kappa shape index (κ3) is 5.12. The monoisotopic (exact) mass is 275 g/mol. The Morgan fingerprint density at radius 2 is 1.89 bits per heavy atom. The van der Waals surface area contributed by atoms with Crippen molar-refractivity contribution >= 4 is 10.0 Å². The van der Waals surface area contributed by atoms with Crippen LogP contribution < -0.4 is 4.72 Å². The molecule has 0 saturated heterocycles. The van der Waals surface area contributed by atoms with Crippen molar-refractivity contribution in [3.8, 4) is 0 Å². The van der Waals surface area contributed by atoms with Gasteiger partial charge in [0.25, 0.3) is 0 Å². The van der Waals surface area contributed by atoms with Crippen LogP contribution in [0.5, 0.6) is 0 Å². The van der Waals surface area contributed by atoms with Gasteiger partial charge in [0.05, 0.1) is 4.90 Å². The van der Waals surface area contributed by atoms with E-state index in [0.29, 0.717) is 13.0 Å². The average molecular weight is 275 g/mol. The Morgan fingerprint density at radius 3 is 2.56 bits per heavy atom. The van der Waals surface area contributed by atoms with Gasteiger partial charge in [-0.1, -0.05) is 18.9 Å². The molecule has 2 N–H and O–H groups in total. The van der Waals surface area contributed by atoms with Gasteiger partial charge in [-0.25, -0.2) is 17.5 Å². The largest absolute Gasteiger partial charge is 0.396 e. The second-order valence-corrected chi connectivity index (χ2v) is 5.76. The Balaban J connectivity index is 2.41. The van der Waals surface area contributed by atoms with E-state index >= 15 is 0 Å². The summed E-state index contributed by atoms with van der Waals surface area (Å²) in [6.07, 6.45) is 3.16. The van der Waals surface area contributed by atoms with Gasteiger partial charge in [0.1, 0.15) is 5.82 Å². The van der Waals surface area contributed by atoms with Gasteiger partial charge in [0.2, 0.25) is 10.0 Å². The second-order valence-electron chi connectivity index (χ2n) is 3.99. The maximum absolute atomic E-state index is 12.9. The van der Waals surface area contributed by atoms with E-state index in [1.165, 1.54) is 18.2 Å². The molecule has 4 nitrogen and oxygen atoms in total. The zero-order chi connectivity index (χ0) is 13.4. The van der Waals surface area contributed by atoms with Crippen molar-refractivity contribution < 1.29 is 17.9 Å². The van der Waals surface area contributed by atoms with Crippen LogP contribution in [0.3, 0.4) is 0 Å². The molecular weight excluding hydrogens is 257 g/mol. The van der Waals surface area contributed by atoms with Crippen LogP contribution in [0.4, 0.5) is 4.39 Å². The lowest BCUT2D eigenvalue weighted by Gasteiger charge is -2.06. The summed E-state index contributed by atoms with van der Waals surface area (Å²) in [5.41, 5.74) is 0. The third-order valence-corrected chi connectivity index (χ3v) is 3.94. The SMILES string of the molecule is O=S(=O)(NCCCCCCO)c1cccc(F)c1. The number of rotatable bonds is 8. The quantitative estimate of drug-likeness (QED) is 0.709. The van der Waals surface area contributed by atoms with E-state index in [-0.39, 0.29) is 11.5 Å². The molecule has 0 spiro atoms. The van der Waals surface area contributed by atoms with Gasteiger partial charge in [0, 0.05) is 13.2 Å². The van der Waals surface area contributed by atoms with Crippen LogP contribution in [0.15, 0.2) is 29.2 Å². The fourth-order valence-corrected chi connectivity index (χ4v) is 2.62. The molecule has 0 aromatic heterocycles. The lowest BCUT2D eigenvalue weighted by Crippen LogP contribution is -2.24. The zero-order valence-corrected chi connectivity index (χ0v) is 10.9. The minimum absolute atomic E-state index is 0.0575. The number of unbranched alkanes of at least 4 members (excludes halogenated alkanes) is 3. The first-order valence-corrected chi connectivity index (χ1v) is 7.40. The van der Waals surface area contributed by atoms with E-state index in [9.17, 15) is 12.8 Å². The molecule has 1 rings (SSSR count). The molecule has 0 amide bonds. The Labute approximate surface area is 107 Å². The molecular formula is C12H18FNO3S. The average Bonchev–Trinajstić information content (AvgIpc) is 2.33. The summed E-state index contributed by atoms with van der Waals surface area (Å²) in [5.74, 6) is -0.569. The summed E-state index contributed by atoms with van der Waals surface area (Å²) in [6, 6.07) is 4.92. The van der Waals surface area contributed by atoms with Gasteiger partial charge < -0.3 is 5.11 Å². The number of sulfonamides is 1. The first kappa shape index (κ1) is 15.1. The van der Waals surface area contributed by atoms with Crippen molar-refractivity contribution in [2.24, 2.45) is 0 Å². The van der Waals surface area contributed by atoms with Gasteiger partial charge in [-0.05, 0) is 31.0 Å². The summed E-state index contributed by atoms with van der Waals surface area (Å²) in [7, 11) is -3.61. The van der Waals surface area contributed by atoms with Crippen LogP contribution in [0, 0.1) is 5.82 Å². The Bertz CT molecular complexity index is 462. The molecule has 0 saturated carbocycles. The van der Waals surface area contributed by atoms with Crippen molar-refractivity contribution in [3.05, 3.63) is 30.1 Å². The van der Waals surface area contributed by atoms with Crippen molar-refractivity contribution in [1.29, 1.82) is 0 Å². The highest BCUT2D eigenvalue weighted by Crippen LogP contribution is 2.10. The normalized spacial score (nSPS) is 11.7. The first-order chi connectivity index (χ1) is 8.56. The highest BCUT2D eigenvalue weighted by atomic mass is 32.2. The predicted molar refractivity (Wildman–Crippen MR) is 67.1 cm³/mol. The summed E-state index contributed by atoms with van der Waals surface area (Å²) in [6.45, 7) is 0.485. The molecule has 6 heteroatoms. The number of hydrogen-bond acceptors (Lipinski definition) is 3. The van der Waals surface area contributed by atoms with Crippen molar-refractivity contribution in [2.75, 3.05) is 13.2 Å². The van der Waals surface area contributed by atoms with Crippen LogP contribution in [0.1, 0.15) is 25.7 Å². The Morgan fingerprint density at radius 1 is 1.17 bits per heavy atom. The summed E-state index contributed by atoms with van der Waals surface area (Å²) >= 11 is 0. The lowest BCUT2D eigenvalue weighted by atomic mass is 10.2.